The van der Waals surface area contributed by atoms with E-state index in [0.29, 0.717) is 0 Å². The number of nitrogens with zero attached hydrogens (tertiary/aromatic N) is 3. The number of hydrogen-bond donors (Lipinski definition) is 0. The molecular weight excluding hydrogens is 150 g/mol. The molecule has 2 heterocycles. The molecule has 0 aromatic carbocycles. The number of fused-ring (bicyclic) bond motifs is 1. The summed E-state index contributed by atoms with van der Waals surface area (Å²) in [6.45, 7) is 4.93. The monoisotopic (exact) mass is 161 g/mol. The lowest BCUT2D eigenvalue weighted by Crippen LogP contribution is -2.33. The van der Waals surface area contributed by atoms with Crippen molar-refractivity contribution in [2.75, 3.05) is 6.54 Å². The van der Waals surface area contributed by atoms with Crippen LogP contribution in [0, 0.1) is 0 Å². The lowest BCUT2D eigenvalue weighted by Gasteiger charge is -2.25. The predicted octanol–water partition coefficient (Wildman–Crippen LogP) is 1.55. The van der Waals surface area contributed by atoms with Crippen molar-refractivity contribution in [2.24, 2.45) is 10.2 Å². The summed E-state index contributed by atoms with van der Waals surface area (Å²) in [7, 11) is 0. The van der Waals surface area contributed by atoms with E-state index in [2.05, 4.69) is 28.2 Å². The van der Waals surface area contributed by atoms with E-state index in [9.17, 15) is 0 Å². The van der Waals surface area contributed by atoms with Crippen LogP contribution < -0.4 is 0 Å². The van der Waals surface area contributed by atoms with Gasteiger partial charge >= 0.3 is 0 Å². The molecule has 0 saturated heterocycles. The first-order chi connectivity index (χ1) is 5.75. The number of hydrogen-bond acceptors (Lipinski definition) is 3. The molecule has 3 heteroatoms. The summed E-state index contributed by atoms with van der Waals surface area (Å²) in [6.07, 6.45) is 6.13. The SMILES string of the molecule is CC1=CN2CC(C)=NN=C2C=C1. The van der Waals surface area contributed by atoms with Crippen LogP contribution in [-0.2, 0) is 0 Å². The zero-order valence-corrected chi connectivity index (χ0v) is 7.28. The van der Waals surface area contributed by atoms with Gasteiger partial charge in [0.1, 0.15) is 0 Å². The van der Waals surface area contributed by atoms with E-state index in [1.54, 1.807) is 0 Å². The molecule has 2 aliphatic heterocycles. The highest BCUT2D eigenvalue weighted by atomic mass is 15.3. The van der Waals surface area contributed by atoms with E-state index < -0.39 is 0 Å². The van der Waals surface area contributed by atoms with Crippen molar-refractivity contribution in [3.63, 3.8) is 0 Å². The van der Waals surface area contributed by atoms with Crippen molar-refractivity contribution in [2.45, 2.75) is 13.8 Å². The van der Waals surface area contributed by atoms with E-state index in [-0.39, 0.29) is 0 Å². The van der Waals surface area contributed by atoms with Gasteiger partial charge in [0.2, 0.25) is 0 Å². The van der Waals surface area contributed by atoms with Gasteiger partial charge in [-0.25, -0.2) is 0 Å². The molecule has 0 bridgehead atoms. The van der Waals surface area contributed by atoms with E-state index in [1.165, 1.54) is 5.57 Å². The highest BCUT2D eigenvalue weighted by molar-refractivity contribution is 6.00. The predicted molar refractivity (Wildman–Crippen MR) is 50.1 cm³/mol. The van der Waals surface area contributed by atoms with E-state index in [0.717, 1.165) is 18.1 Å². The second-order valence-corrected chi connectivity index (χ2v) is 3.13. The Kier molecular flexibility index (Phi) is 1.57. The largest absolute Gasteiger partial charge is 0.326 e. The van der Waals surface area contributed by atoms with Gasteiger partial charge in [0.05, 0.1) is 12.3 Å². The van der Waals surface area contributed by atoms with Crippen LogP contribution in [0.15, 0.2) is 34.1 Å². The van der Waals surface area contributed by atoms with Crippen LogP contribution in [0.25, 0.3) is 0 Å². The molecule has 62 valence electrons. The van der Waals surface area contributed by atoms with Gasteiger partial charge in [-0.15, -0.1) is 5.10 Å². The molecule has 0 unspecified atom stereocenters. The third kappa shape index (κ3) is 1.18. The van der Waals surface area contributed by atoms with Crippen LogP contribution in [0.5, 0.6) is 0 Å². The summed E-state index contributed by atoms with van der Waals surface area (Å²) in [5.74, 6) is 0.936. The van der Waals surface area contributed by atoms with Gasteiger partial charge in [0, 0.05) is 6.20 Å². The fourth-order valence-electron chi connectivity index (χ4n) is 1.29. The Morgan fingerprint density at radius 1 is 1.25 bits per heavy atom. The lowest BCUT2D eigenvalue weighted by molar-refractivity contribution is 0.617. The molecule has 0 aromatic rings. The third-order valence-corrected chi connectivity index (χ3v) is 1.87. The first-order valence-corrected chi connectivity index (χ1v) is 4.00. The summed E-state index contributed by atoms with van der Waals surface area (Å²) in [4.78, 5) is 2.11. The van der Waals surface area contributed by atoms with Crippen LogP contribution in [0.4, 0.5) is 0 Å². The summed E-state index contributed by atoms with van der Waals surface area (Å²) >= 11 is 0. The van der Waals surface area contributed by atoms with Gasteiger partial charge in [0.15, 0.2) is 5.84 Å². The minimum absolute atomic E-state index is 0.862. The van der Waals surface area contributed by atoms with Gasteiger partial charge in [-0.3, -0.25) is 0 Å². The fraction of sp³-hybridized carbons (Fsp3) is 0.333. The maximum atomic E-state index is 4.07. The smallest absolute Gasteiger partial charge is 0.155 e. The molecule has 12 heavy (non-hydrogen) atoms. The third-order valence-electron chi connectivity index (χ3n) is 1.87. The second-order valence-electron chi connectivity index (χ2n) is 3.13. The van der Waals surface area contributed by atoms with E-state index in [1.807, 2.05) is 19.1 Å². The maximum Gasteiger partial charge on any atom is 0.155 e. The Hall–Kier alpha value is -1.38. The molecule has 0 radical (unpaired) electrons. The Morgan fingerprint density at radius 3 is 2.92 bits per heavy atom. The number of amidine groups is 1. The van der Waals surface area contributed by atoms with Gasteiger partial charge < -0.3 is 4.90 Å². The molecule has 2 rings (SSSR count). The van der Waals surface area contributed by atoms with E-state index in [4.69, 9.17) is 0 Å². The highest BCUT2D eigenvalue weighted by Crippen LogP contribution is 2.11. The zero-order valence-electron chi connectivity index (χ0n) is 7.28. The highest BCUT2D eigenvalue weighted by Gasteiger charge is 2.14. The van der Waals surface area contributed by atoms with Crippen molar-refractivity contribution in [1.29, 1.82) is 0 Å². The average Bonchev–Trinajstić information content (AvgIpc) is 2.03. The van der Waals surface area contributed by atoms with Crippen molar-refractivity contribution in [1.82, 2.24) is 4.90 Å². The van der Waals surface area contributed by atoms with Gasteiger partial charge in [-0.05, 0) is 25.5 Å². The van der Waals surface area contributed by atoms with Crippen molar-refractivity contribution >= 4 is 11.5 Å². The molecule has 2 aliphatic rings. The zero-order chi connectivity index (χ0) is 8.55. The molecule has 3 nitrogen and oxygen atoms in total. The van der Waals surface area contributed by atoms with Gasteiger partial charge in [0.25, 0.3) is 0 Å². The summed E-state index contributed by atoms with van der Waals surface area (Å²) in [5.41, 5.74) is 2.31. The van der Waals surface area contributed by atoms with Gasteiger partial charge in [-0.1, -0.05) is 6.08 Å². The number of allylic oxidation sites excluding steroid dienone is 2. The first-order valence-electron chi connectivity index (χ1n) is 4.00. The second kappa shape index (κ2) is 2.59. The minimum atomic E-state index is 0.862. The van der Waals surface area contributed by atoms with E-state index >= 15 is 0 Å². The summed E-state index contributed by atoms with van der Waals surface area (Å²) in [6, 6.07) is 0. The quantitative estimate of drug-likeness (QED) is 0.529. The van der Waals surface area contributed by atoms with Crippen LogP contribution in [0.3, 0.4) is 0 Å². The molecule has 0 N–H and O–H groups in total. The van der Waals surface area contributed by atoms with Crippen molar-refractivity contribution in [3.8, 4) is 0 Å². The topological polar surface area (TPSA) is 28.0 Å². The average molecular weight is 161 g/mol. The van der Waals surface area contributed by atoms with Gasteiger partial charge in [-0.2, -0.15) is 5.10 Å². The van der Waals surface area contributed by atoms with Crippen LogP contribution in [0.2, 0.25) is 0 Å². The van der Waals surface area contributed by atoms with Crippen LogP contribution in [-0.4, -0.2) is 23.0 Å². The van der Waals surface area contributed by atoms with Crippen molar-refractivity contribution in [3.05, 3.63) is 23.9 Å². The van der Waals surface area contributed by atoms with Crippen LogP contribution >= 0.6 is 0 Å². The van der Waals surface area contributed by atoms with Crippen LogP contribution in [0.1, 0.15) is 13.8 Å². The maximum absolute atomic E-state index is 4.07. The Bertz CT molecular complexity index is 321. The molecule has 0 fully saturated rings. The first kappa shape index (κ1) is 7.28. The summed E-state index contributed by atoms with van der Waals surface area (Å²) in [5, 5.41) is 8.09. The molecule has 0 aliphatic carbocycles. The molecule has 0 aromatic heterocycles. The minimum Gasteiger partial charge on any atom is -0.326 e. The fourth-order valence-corrected chi connectivity index (χ4v) is 1.29. The Balaban J connectivity index is 2.33. The number of rotatable bonds is 0. The normalized spacial score (nSPS) is 21.2. The molecular formula is C9H11N3. The molecule has 0 amide bonds. The molecule has 0 spiro atoms. The van der Waals surface area contributed by atoms with Crippen molar-refractivity contribution < 1.29 is 0 Å². The molecule has 0 saturated carbocycles. The summed E-state index contributed by atoms with van der Waals surface area (Å²) < 4.78 is 0. The lowest BCUT2D eigenvalue weighted by atomic mass is 10.2. The standard InChI is InChI=1S/C9H11N3/c1-7-3-4-9-11-10-8(2)6-12(9)5-7/h3-5H,6H2,1-2H3. The Labute approximate surface area is 71.8 Å². The Morgan fingerprint density at radius 2 is 2.08 bits per heavy atom. The molecule has 0 atom stereocenters.